The van der Waals surface area contributed by atoms with E-state index in [9.17, 15) is 4.79 Å². The molecule has 1 amide bonds. The van der Waals surface area contributed by atoms with Crippen LogP contribution in [0.5, 0.6) is 11.5 Å². The Labute approximate surface area is 153 Å². The molecule has 0 aliphatic rings. The molecule has 0 saturated heterocycles. The molecule has 0 aromatic heterocycles. The van der Waals surface area contributed by atoms with E-state index in [2.05, 4.69) is 30.4 Å². The number of hydrogen-bond donors (Lipinski definition) is 1. The van der Waals surface area contributed by atoms with Crippen molar-refractivity contribution in [3.63, 3.8) is 0 Å². The Morgan fingerprint density at radius 2 is 1.88 bits per heavy atom. The van der Waals surface area contributed by atoms with Crippen molar-refractivity contribution < 1.29 is 14.3 Å². The second-order valence-electron chi connectivity index (χ2n) is 5.89. The SMILES string of the molecule is COc1ccc(C(C)NC(=O)CSCc2cccc(C)c2)cc1OC. The minimum absolute atomic E-state index is 0.0277. The number of thioether (sulfide) groups is 1. The minimum Gasteiger partial charge on any atom is -0.493 e. The molecule has 4 nitrogen and oxygen atoms in total. The summed E-state index contributed by atoms with van der Waals surface area (Å²) in [5.41, 5.74) is 3.46. The first-order valence-corrected chi connectivity index (χ1v) is 9.33. The molecule has 5 heteroatoms. The fourth-order valence-electron chi connectivity index (χ4n) is 2.55. The van der Waals surface area contributed by atoms with Crippen molar-refractivity contribution in [2.24, 2.45) is 0 Å². The van der Waals surface area contributed by atoms with Crippen LogP contribution in [0.1, 0.15) is 29.7 Å². The lowest BCUT2D eigenvalue weighted by atomic mass is 10.1. The van der Waals surface area contributed by atoms with Gasteiger partial charge in [0.15, 0.2) is 11.5 Å². The average molecular weight is 359 g/mol. The van der Waals surface area contributed by atoms with E-state index in [1.54, 1.807) is 26.0 Å². The maximum absolute atomic E-state index is 12.2. The molecule has 0 aliphatic heterocycles. The van der Waals surface area contributed by atoms with Crippen molar-refractivity contribution in [3.05, 3.63) is 59.2 Å². The third-order valence-electron chi connectivity index (χ3n) is 3.87. The summed E-state index contributed by atoms with van der Waals surface area (Å²) in [6.45, 7) is 4.04. The number of ether oxygens (including phenoxy) is 2. The molecule has 1 unspecified atom stereocenters. The van der Waals surface area contributed by atoms with E-state index in [0.717, 1.165) is 11.3 Å². The van der Waals surface area contributed by atoms with Crippen LogP contribution in [0, 0.1) is 6.92 Å². The molecule has 2 aromatic carbocycles. The molecule has 0 aliphatic carbocycles. The van der Waals surface area contributed by atoms with Crippen molar-refractivity contribution in [3.8, 4) is 11.5 Å². The van der Waals surface area contributed by atoms with Gasteiger partial charge < -0.3 is 14.8 Å². The predicted octanol–water partition coefficient (Wildman–Crippen LogP) is 4.12. The third-order valence-corrected chi connectivity index (χ3v) is 4.87. The Bertz CT molecular complexity index is 718. The summed E-state index contributed by atoms with van der Waals surface area (Å²) in [4.78, 5) is 12.2. The zero-order chi connectivity index (χ0) is 18.2. The van der Waals surface area contributed by atoms with Crippen molar-refractivity contribution in [1.82, 2.24) is 5.32 Å². The number of rotatable bonds is 8. The molecule has 134 valence electrons. The molecule has 0 fully saturated rings. The van der Waals surface area contributed by atoms with Crippen LogP contribution in [-0.2, 0) is 10.5 Å². The van der Waals surface area contributed by atoms with Crippen LogP contribution in [-0.4, -0.2) is 25.9 Å². The fourth-order valence-corrected chi connectivity index (χ4v) is 3.34. The van der Waals surface area contributed by atoms with Crippen LogP contribution in [0.4, 0.5) is 0 Å². The van der Waals surface area contributed by atoms with Gasteiger partial charge in [0.1, 0.15) is 0 Å². The first-order valence-electron chi connectivity index (χ1n) is 8.18. The van der Waals surface area contributed by atoms with Gasteiger partial charge in [-0.05, 0) is 37.1 Å². The third kappa shape index (κ3) is 5.71. The smallest absolute Gasteiger partial charge is 0.230 e. The van der Waals surface area contributed by atoms with E-state index in [-0.39, 0.29) is 11.9 Å². The minimum atomic E-state index is -0.0909. The number of methoxy groups -OCH3 is 2. The largest absolute Gasteiger partial charge is 0.493 e. The average Bonchev–Trinajstić information content (AvgIpc) is 2.61. The molecular weight excluding hydrogens is 334 g/mol. The molecule has 0 heterocycles. The first kappa shape index (κ1) is 19.2. The number of nitrogens with one attached hydrogen (secondary N) is 1. The molecule has 0 radical (unpaired) electrons. The number of carbonyl (C=O) groups excluding carboxylic acids is 1. The van der Waals surface area contributed by atoms with Gasteiger partial charge in [0, 0.05) is 5.75 Å². The zero-order valence-corrected chi connectivity index (χ0v) is 16.0. The summed E-state index contributed by atoms with van der Waals surface area (Å²) in [6.07, 6.45) is 0. The summed E-state index contributed by atoms with van der Waals surface area (Å²) in [7, 11) is 3.21. The highest BCUT2D eigenvalue weighted by Gasteiger charge is 2.12. The normalized spacial score (nSPS) is 11.7. The molecule has 25 heavy (non-hydrogen) atoms. The van der Waals surface area contributed by atoms with Crippen LogP contribution < -0.4 is 14.8 Å². The van der Waals surface area contributed by atoms with Gasteiger partial charge >= 0.3 is 0 Å². The molecule has 0 bridgehead atoms. The number of hydrogen-bond acceptors (Lipinski definition) is 4. The van der Waals surface area contributed by atoms with Gasteiger partial charge in [-0.2, -0.15) is 0 Å². The van der Waals surface area contributed by atoms with Crippen molar-refractivity contribution in [2.45, 2.75) is 25.6 Å². The Kier molecular flexibility index (Phi) is 7.19. The predicted molar refractivity (Wildman–Crippen MR) is 103 cm³/mol. The Balaban J connectivity index is 1.85. The van der Waals surface area contributed by atoms with Crippen molar-refractivity contribution >= 4 is 17.7 Å². The van der Waals surface area contributed by atoms with Crippen LogP contribution in [0.15, 0.2) is 42.5 Å². The van der Waals surface area contributed by atoms with Crippen molar-refractivity contribution in [2.75, 3.05) is 20.0 Å². The van der Waals surface area contributed by atoms with E-state index < -0.39 is 0 Å². The van der Waals surface area contributed by atoms with Gasteiger partial charge in [-0.3, -0.25) is 4.79 Å². The molecular formula is C20H25NO3S. The summed E-state index contributed by atoms with van der Waals surface area (Å²) in [5.74, 6) is 2.64. The van der Waals surface area contributed by atoms with Gasteiger partial charge in [0.25, 0.3) is 0 Å². The number of carbonyl (C=O) groups is 1. The summed E-state index contributed by atoms with van der Waals surface area (Å²) < 4.78 is 10.6. The number of aryl methyl sites for hydroxylation is 1. The second kappa shape index (κ2) is 9.37. The highest BCUT2D eigenvalue weighted by molar-refractivity contribution is 7.99. The highest BCUT2D eigenvalue weighted by atomic mass is 32.2. The Hall–Kier alpha value is -2.14. The van der Waals surface area contributed by atoms with E-state index in [0.29, 0.717) is 17.3 Å². The van der Waals surface area contributed by atoms with E-state index >= 15 is 0 Å². The maximum Gasteiger partial charge on any atom is 0.230 e. The molecule has 1 N–H and O–H groups in total. The summed E-state index contributed by atoms with van der Waals surface area (Å²) >= 11 is 1.62. The first-order chi connectivity index (χ1) is 12.0. The van der Waals surface area contributed by atoms with E-state index in [1.165, 1.54) is 11.1 Å². The van der Waals surface area contributed by atoms with E-state index in [1.807, 2.05) is 31.2 Å². The summed E-state index contributed by atoms with van der Waals surface area (Å²) in [6, 6.07) is 13.9. The van der Waals surface area contributed by atoms with Gasteiger partial charge in [-0.1, -0.05) is 35.9 Å². The molecule has 0 saturated carbocycles. The Morgan fingerprint density at radius 3 is 2.56 bits per heavy atom. The zero-order valence-electron chi connectivity index (χ0n) is 15.2. The van der Waals surface area contributed by atoms with Gasteiger partial charge in [-0.25, -0.2) is 0 Å². The molecule has 2 rings (SSSR count). The van der Waals surface area contributed by atoms with Gasteiger partial charge in [0.2, 0.25) is 5.91 Å². The second-order valence-corrected chi connectivity index (χ2v) is 6.87. The van der Waals surface area contributed by atoms with Crippen LogP contribution in [0.2, 0.25) is 0 Å². The summed E-state index contributed by atoms with van der Waals surface area (Å²) in [5, 5.41) is 3.03. The lowest BCUT2D eigenvalue weighted by Crippen LogP contribution is -2.28. The van der Waals surface area contributed by atoms with E-state index in [4.69, 9.17) is 9.47 Å². The molecule has 1 atom stereocenters. The van der Waals surface area contributed by atoms with Crippen LogP contribution in [0.25, 0.3) is 0 Å². The topological polar surface area (TPSA) is 47.6 Å². The molecule has 2 aromatic rings. The van der Waals surface area contributed by atoms with Crippen LogP contribution in [0.3, 0.4) is 0 Å². The van der Waals surface area contributed by atoms with Crippen molar-refractivity contribution in [1.29, 1.82) is 0 Å². The lowest BCUT2D eigenvalue weighted by molar-refractivity contribution is -0.119. The molecule has 0 spiro atoms. The highest BCUT2D eigenvalue weighted by Crippen LogP contribution is 2.29. The van der Waals surface area contributed by atoms with Gasteiger partial charge in [0.05, 0.1) is 26.0 Å². The standard InChI is InChI=1S/C20H25NO3S/c1-14-6-5-7-16(10-14)12-25-13-20(22)21-15(2)17-8-9-18(23-3)19(11-17)24-4/h5-11,15H,12-13H2,1-4H3,(H,21,22). The number of benzene rings is 2. The lowest BCUT2D eigenvalue weighted by Gasteiger charge is -2.16. The maximum atomic E-state index is 12.2. The monoisotopic (exact) mass is 359 g/mol. The quantitative estimate of drug-likeness (QED) is 0.770. The number of amides is 1. The Morgan fingerprint density at radius 1 is 1.12 bits per heavy atom. The fraction of sp³-hybridized carbons (Fsp3) is 0.350. The van der Waals surface area contributed by atoms with Crippen LogP contribution >= 0.6 is 11.8 Å². The van der Waals surface area contributed by atoms with Gasteiger partial charge in [-0.15, -0.1) is 11.8 Å².